The molecular formula is C32H30N4O2S. The highest BCUT2D eigenvalue weighted by atomic mass is 32.2. The van der Waals surface area contributed by atoms with Crippen LogP contribution in [0.3, 0.4) is 0 Å². The van der Waals surface area contributed by atoms with E-state index < -0.39 is 0 Å². The molecule has 0 fully saturated rings. The fourth-order valence-corrected chi connectivity index (χ4v) is 4.79. The fraction of sp³-hybridized carbons (Fsp3) is 0.156. The molecule has 0 spiro atoms. The number of ether oxygens (including phenoxy) is 1. The van der Waals surface area contributed by atoms with Crippen LogP contribution in [0, 0.1) is 0 Å². The normalized spacial score (nSPS) is 11.3. The predicted octanol–water partition coefficient (Wildman–Crippen LogP) is 7.75. The lowest BCUT2D eigenvalue weighted by molar-refractivity contribution is -0.113. The first kappa shape index (κ1) is 26.3. The van der Waals surface area contributed by atoms with Gasteiger partial charge in [-0.05, 0) is 59.5 Å². The molecule has 0 unspecified atom stereocenters. The van der Waals surface area contributed by atoms with Crippen LogP contribution < -0.4 is 10.1 Å². The molecule has 0 atom stereocenters. The third-order valence-corrected chi connectivity index (χ3v) is 7.04. The maximum Gasteiger partial charge on any atom is 0.234 e. The van der Waals surface area contributed by atoms with Gasteiger partial charge in [-0.2, -0.15) is 0 Å². The molecule has 0 saturated heterocycles. The second-order valence-corrected chi connectivity index (χ2v) is 11.0. The highest BCUT2D eigenvalue weighted by Crippen LogP contribution is 2.30. The van der Waals surface area contributed by atoms with Gasteiger partial charge in [0.2, 0.25) is 5.91 Å². The van der Waals surface area contributed by atoms with Gasteiger partial charge in [-0.3, -0.25) is 9.36 Å². The van der Waals surface area contributed by atoms with Crippen LogP contribution >= 0.6 is 11.8 Å². The van der Waals surface area contributed by atoms with Crippen LogP contribution in [0.4, 0.5) is 5.69 Å². The number of hydrogen-bond donors (Lipinski definition) is 1. The smallest absolute Gasteiger partial charge is 0.234 e. The zero-order valence-electron chi connectivity index (χ0n) is 22.2. The molecule has 4 aromatic carbocycles. The van der Waals surface area contributed by atoms with Crippen molar-refractivity contribution in [1.82, 2.24) is 14.8 Å². The van der Waals surface area contributed by atoms with Crippen LogP contribution in [-0.4, -0.2) is 26.4 Å². The summed E-state index contributed by atoms with van der Waals surface area (Å²) in [7, 11) is 0. The molecule has 196 valence electrons. The molecule has 0 radical (unpaired) electrons. The Morgan fingerprint density at radius 1 is 0.795 bits per heavy atom. The lowest BCUT2D eigenvalue weighted by atomic mass is 9.87. The van der Waals surface area contributed by atoms with Crippen molar-refractivity contribution < 1.29 is 9.53 Å². The SMILES string of the molecule is CC(C)(C)c1ccc(-c2nnc(SCC(=O)Nc3ccc(Oc4ccccc4)cc3)n2-c2ccccc2)cc1. The Balaban J connectivity index is 1.29. The summed E-state index contributed by atoms with van der Waals surface area (Å²) in [6, 6.07) is 35.3. The molecule has 1 amide bonds. The summed E-state index contributed by atoms with van der Waals surface area (Å²) in [5.74, 6) is 2.26. The molecule has 0 aliphatic heterocycles. The first-order valence-corrected chi connectivity index (χ1v) is 13.7. The number of nitrogens with zero attached hydrogens (tertiary/aromatic N) is 3. The highest BCUT2D eigenvalue weighted by molar-refractivity contribution is 7.99. The van der Waals surface area contributed by atoms with Crippen molar-refractivity contribution in [3.05, 3.63) is 115 Å². The molecule has 0 bridgehead atoms. The Morgan fingerprint density at radius 2 is 1.41 bits per heavy atom. The van der Waals surface area contributed by atoms with E-state index in [4.69, 9.17) is 4.74 Å². The molecule has 0 aliphatic rings. The van der Waals surface area contributed by atoms with Gasteiger partial charge < -0.3 is 10.1 Å². The number of rotatable bonds is 8. The Bertz CT molecular complexity index is 1530. The minimum atomic E-state index is -0.129. The van der Waals surface area contributed by atoms with Gasteiger partial charge in [0.25, 0.3) is 0 Å². The molecule has 0 saturated carbocycles. The lowest BCUT2D eigenvalue weighted by Crippen LogP contribution is -2.14. The van der Waals surface area contributed by atoms with E-state index >= 15 is 0 Å². The van der Waals surface area contributed by atoms with Crippen LogP contribution in [0.1, 0.15) is 26.3 Å². The van der Waals surface area contributed by atoms with Gasteiger partial charge in [0, 0.05) is 16.9 Å². The molecular weight excluding hydrogens is 504 g/mol. The van der Waals surface area contributed by atoms with Crippen molar-refractivity contribution in [3.63, 3.8) is 0 Å². The third kappa shape index (κ3) is 6.56. The van der Waals surface area contributed by atoms with Crippen LogP contribution in [0.2, 0.25) is 0 Å². The number of carbonyl (C=O) groups is 1. The molecule has 39 heavy (non-hydrogen) atoms. The molecule has 1 aromatic heterocycles. The van der Waals surface area contributed by atoms with E-state index in [9.17, 15) is 4.79 Å². The van der Waals surface area contributed by atoms with E-state index in [1.54, 1.807) is 0 Å². The predicted molar refractivity (Wildman–Crippen MR) is 158 cm³/mol. The summed E-state index contributed by atoms with van der Waals surface area (Å²) in [6.45, 7) is 6.59. The summed E-state index contributed by atoms with van der Waals surface area (Å²) < 4.78 is 7.83. The van der Waals surface area contributed by atoms with Crippen molar-refractivity contribution in [2.75, 3.05) is 11.1 Å². The van der Waals surface area contributed by atoms with Crippen molar-refractivity contribution in [2.24, 2.45) is 0 Å². The zero-order chi connectivity index (χ0) is 27.2. The fourth-order valence-electron chi connectivity index (χ4n) is 4.04. The topological polar surface area (TPSA) is 69.0 Å². The summed E-state index contributed by atoms with van der Waals surface area (Å²) >= 11 is 1.35. The quantitative estimate of drug-likeness (QED) is 0.206. The largest absolute Gasteiger partial charge is 0.457 e. The summed E-state index contributed by atoms with van der Waals surface area (Å²) in [5.41, 5.74) is 3.92. The standard InChI is InChI=1S/C32H30N4O2S/c1-32(2,3)24-16-14-23(15-17-24)30-34-35-31(36(30)26-10-6-4-7-11-26)39-22-29(37)33-25-18-20-28(21-19-25)38-27-12-8-5-9-13-27/h4-21H,22H2,1-3H3,(H,33,37). The number of thioether (sulfide) groups is 1. The average molecular weight is 535 g/mol. The number of anilines is 1. The third-order valence-electron chi connectivity index (χ3n) is 6.11. The number of para-hydroxylation sites is 2. The Hall–Kier alpha value is -4.36. The van der Waals surface area contributed by atoms with Crippen molar-refractivity contribution >= 4 is 23.4 Å². The van der Waals surface area contributed by atoms with Crippen LogP contribution in [0.15, 0.2) is 114 Å². The van der Waals surface area contributed by atoms with Gasteiger partial charge in [0.05, 0.1) is 5.75 Å². The number of hydrogen-bond acceptors (Lipinski definition) is 5. The van der Waals surface area contributed by atoms with E-state index in [0.717, 1.165) is 22.8 Å². The lowest BCUT2D eigenvalue weighted by Gasteiger charge is -2.19. The first-order chi connectivity index (χ1) is 18.9. The van der Waals surface area contributed by atoms with Crippen molar-refractivity contribution in [3.8, 4) is 28.6 Å². The summed E-state index contributed by atoms with van der Waals surface area (Å²) in [6.07, 6.45) is 0. The van der Waals surface area contributed by atoms with Gasteiger partial charge in [0.15, 0.2) is 11.0 Å². The van der Waals surface area contributed by atoms with Gasteiger partial charge in [-0.1, -0.05) is 93.2 Å². The van der Waals surface area contributed by atoms with Crippen molar-refractivity contribution in [1.29, 1.82) is 0 Å². The summed E-state index contributed by atoms with van der Waals surface area (Å²) in [4.78, 5) is 12.8. The van der Waals surface area contributed by atoms with Crippen LogP contribution in [0.5, 0.6) is 11.5 Å². The molecule has 0 aliphatic carbocycles. The number of nitrogens with one attached hydrogen (secondary N) is 1. The van der Waals surface area contributed by atoms with E-state index in [0.29, 0.717) is 16.6 Å². The number of aromatic nitrogens is 3. The molecule has 1 N–H and O–H groups in total. The first-order valence-electron chi connectivity index (χ1n) is 12.7. The minimum absolute atomic E-state index is 0.0647. The Labute approximate surface area is 233 Å². The molecule has 1 heterocycles. The molecule has 5 rings (SSSR count). The Kier molecular flexibility index (Phi) is 7.79. The van der Waals surface area contributed by atoms with Crippen LogP contribution in [0.25, 0.3) is 17.1 Å². The number of benzene rings is 4. The van der Waals surface area contributed by atoms with E-state index in [1.165, 1.54) is 17.3 Å². The van der Waals surface area contributed by atoms with E-state index in [2.05, 4.69) is 60.6 Å². The van der Waals surface area contributed by atoms with Crippen molar-refractivity contribution in [2.45, 2.75) is 31.3 Å². The summed E-state index contributed by atoms with van der Waals surface area (Å²) in [5, 5.41) is 12.6. The van der Waals surface area contributed by atoms with Gasteiger partial charge in [-0.15, -0.1) is 10.2 Å². The second-order valence-electron chi connectivity index (χ2n) is 10.1. The van der Waals surface area contributed by atoms with Crippen LogP contribution in [-0.2, 0) is 10.2 Å². The van der Waals surface area contributed by atoms with E-state index in [-0.39, 0.29) is 17.1 Å². The Morgan fingerprint density at radius 3 is 2.05 bits per heavy atom. The maximum atomic E-state index is 12.8. The molecule has 5 aromatic rings. The van der Waals surface area contributed by atoms with Gasteiger partial charge in [-0.25, -0.2) is 0 Å². The highest BCUT2D eigenvalue weighted by Gasteiger charge is 2.19. The molecule has 6 nitrogen and oxygen atoms in total. The zero-order valence-corrected chi connectivity index (χ0v) is 23.0. The number of carbonyl (C=O) groups excluding carboxylic acids is 1. The molecule has 7 heteroatoms. The average Bonchev–Trinajstić information content (AvgIpc) is 3.38. The van der Waals surface area contributed by atoms with Gasteiger partial charge in [0.1, 0.15) is 11.5 Å². The maximum absolute atomic E-state index is 12.8. The van der Waals surface area contributed by atoms with Gasteiger partial charge >= 0.3 is 0 Å². The number of amides is 1. The van der Waals surface area contributed by atoms with E-state index in [1.807, 2.05) is 89.5 Å². The second kappa shape index (κ2) is 11.6. The minimum Gasteiger partial charge on any atom is -0.457 e. The monoisotopic (exact) mass is 534 g/mol.